The highest BCUT2D eigenvalue weighted by atomic mass is 16.3. The van der Waals surface area contributed by atoms with E-state index in [4.69, 9.17) is 10.2 Å². The van der Waals surface area contributed by atoms with Gasteiger partial charge in [-0.1, -0.05) is 0 Å². The number of rotatable bonds is 0. The van der Waals surface area contributed by atoms with Crippen LogP contribution in [0.3, 0.4) is 0 Å². The Hall–Kier alpha value is -1.16. The summed E-state index contributed by atoms with van der Waals surface area (Å²) in [5.41, 5.74) is 0. The molecule has 0 aromatic heterocycles. The van der Waals surface area contributed by atoms with Crippen LogP contribution in [0.1, 0.15) is 6.42 Å². The van der Waals surface area contributed by atoms with Crippen LogP contribution in [0, 0.1) is 0 Å². The number of carbonyl (C=O) groups excluding carboxylic acids is 2. The lowest BCUT2D eigenvalue weighted by molar-refractivity contribution is -0.131. The van der Waals surface area contributed by atoms with E-state index < -0.39 is 23.4 Å². The average Bonchev–Trinajstić information content (AvgIpc) is 1.82. The largest absolute Gasteiger partial charge is 0.509 e. The second-order valence-corrected chi connectivity index (χ2v) is 2.08. The Balaban J connectivity index is 2.91. The molecule has 54 valence electrons. The van der Waals surface area contributed by atoms with Crippen LogP contribution < -0.4 is 0 Å². The van der Waals surface area contributed by atoms with Gasteiger partial charge in [0, 0.05) is 6.08 Å². The minimum absolute atomic E-state index is 0.314. The standard InChI is InChI=1S/C6H6O4/c7-3-1-4(8)6(10)5(9)2-3/h1,6,8,10H,2H2. The van der Waals surface area contributed by atoms with Crippen LogP contribution in [0.5, 0.6) is 0 Å². The molecule has 0 aromatic carbocycles. The van der Waals surface area contributed by atoms with Gasteiger partial charge in [-0.2, -0.15) is 0 Å². The van der Waals surface area contributed by atoms with Crippen molar-refractivity contribution in [3.63, 3.8) is 0 Å². The number of aliphatic hydroxyl groups is 2. The number of hydrogen-bond donors (Lipinski definition) is 2. The van der Waals surface area contributed by atoms with Gasteiger partial charge in [0.2, 0.25) is 0 Å². The number of hydrogen-bond acceptors (Lipinski definition) is 4. The quantitative estimate of drug-likeness (QED) is 0.440. The van der Waals surface area contributed by atoms with Crippen molar-refractivity contribution >= 4 is 11.6 Å². The van der Waals surface area contributed by atoms with Crippen molar-refractivity contribution in [2.75, 3.05) is 0 Å². The zero-order chi connectivity index (χ0) is 7.72. The first kappa shape index (κ1) is 6.95. The fourth-order valence-corrected chi connectivity index (χ4v) is 0.728. The second-order valence-electron chi connectivity index (χ2n) is 2.08. The number of carbonyl (C=O) groups is 2. The maximum absolute atomic E-state index is 10.5. The van der Waals surface area contributed by atoms with Crippen LogP contribution in [0.25, 0.3) is 0 Å². The molecule has 10 heavy (non-hydrogen) atoms. The van der Waals surface area contributed by atoms with Crippen molar-refractivity contribution in [2.24, 2.45) is 0 Å². The van der Waals surface area contributed by atoms with E-state index in [1.54, 1.807) is 0 Å². The van der Waals surface area contributed by atoms with Crippen molar-refractivity contribution < 1.29 is 19.8 Å². The Bertz CT molecular complexity index is 216. The van der Waals surface area contributed by atoms with Gasteiger partial charge in [0.25, 0.3) is 0 Å². The Morgan fingerprint density at radius 1 is 1.50 bits per heavy atom. The molecular weight excluding hydrogens is 136 g/mol. The zero-order valence-electron chi connectivity index (χ0n) is 5.07. The molecule has 4 nitrogen and oxygen atoms in total. The molecule has 1 aliphatic carbocycles. The van der Waals surface area contributed by atoms with Gasteiger partial charge >= 0.3 is 0 Å². The van der Waals surface area contributed by atoms with Crippen LogP contribution in [-0.4, -0.2) is 27.9 Å². The molecule has 1 atom stereocenters. The van der Waals surface area contributed by atoms with Crippen molar-refractivity contribution in [1.29, 1.82) is 0 Å². The van der Waals surface area contributed by atoms with Crippen LogP contribution in [0.15, 0.2) is 11.8 Å². The third-order valence-electron chi connectivity index (χ3n) is 1.24. The van der Waals surface area contributed by atoms with Gasteiger partial charge in [-0.05, 0) is 0 Å². The highest BCUT2D eigenvalue weighted by molar-refractivity contribution is 6.09. The molecule has 1 aliphatic rings. The van der Waals surface area contributed by atoms with E-state index >= 15 is 0 Å². The van der Waals surface area contributed by atoms with Gasteiger partial charge in [-0.25, -0.2) is 0 Å². The SMILES string of the molecule is O=C1C=C(O)C(O)C(=O)C1. The summed E-state index contributed by atoms with van der Waals surface area (Å²) >= 11 is 0. The Morgan fingerprint density at radius 3 is 2.60 bits per heavy atom. The smallest absolute Gasteiger partial charge is 0.176 e. The summed E-state index contributed by atoms with van der Waals surface area (Å²) in [6.45, 7) is 0. The van der Waals surface area contributed by atoms with E-state index in [0.29, 0.717) is 0 Å². The van der Waals surface area contributed by atoms with Gasteiger partial charge in [0.1, 0.15) is 5.76 Å². The molecule has 2 N–H and O–H groups in total. The highest BCUT2D eigenvalue weighted by Gasteiger charge is 2.26. The maximum Gasteiger partial charge on any atom is 0.176 e. The Labute approximate surface area is 56.8 Å². The van der Waals surface area contributed by atoms with E-state index in [9.17, 15) is 9.59 Å². The Kier molecular flexibility index (Phi) is 1.55. The molecule has 0 aliphatic heterocycles. The molecule has 0 spiro atoms. The number of aliphatic hydroxyl groups excluding tert-OH is 2. The average molecular weight is 142 g/mol. The molecule has 0 radical (unpaired) electrons. The molecule has 0 heterocycles. The summed E-state index contributed by atoms with van der Waals surface area (Å²) in [5.74, 6) is -1.67. The second kappa shape index (κ2) is 2.22. The maximum atomic E-state index is 10.5. The van der Waals surface area contributed by atoms with Gasteiger partial charge in [-0.15, -0.1) is 0 Å². The first-order valence-corrected chi connectivity index (χ1v) is 2.75. The molecule has 0 saturated heterocycles. The molecule has 1 rings (SSSR count). The van der Waals surface area contributed by atoms with E-state index in [1.165, 1.54) is 0 Å². The summed E-state index contributed by atoms with van der Waals surface area (Å²) in [4.78, 5) is 21.0. The lowest BCUT2D eigenvalue weighted by Crippen LogP contribution is -2.29. The monoisotopic (exact) mass is 142 g/mol. The molecule has 0 fully saturated rings. The number of ketones is 2. The molecule has 0 aromatic rings. The van der Waals surface area contributed by atoms with Crippen molar-refractivity contribution in [3.05, 3.63) is 11.8 Å². The third kappa shape index (κ3) is 1.06. The summed E-state index contributed by atoms with van der Waals surface area (Å²) in [6, 6.07) is 0. The summed E-state index contributed by atoms with van der Waals surface area (Å²) < 4.78 is 0. The number of allylic oxidation sites excluding steroid dienone is 1. The zero-order valence-corrected chi connectivity index (χ0v) is 5.07. The lowest BCUT2D eigenvalue weighted by Gasteiger charge is -2.11. The van der Waals surface area contributed by atoms with Crippen molar-refractivity contribution in [1.82, 2.24) is 0 Å². The van der Waals surface area contributed by atoms with Crippen molar-refractivity contribution in [2.45, 2.75) is 12.5 Å². The molecule has 0 amide bonds. The highest BCUT2D eigenvalue weighted by Crippen LogP contribution is 2.09. The van der Waals surface area contributed by atoms with Gasteiger partial charge < -0.3 is 10.2 Å². The van der Waals surface area contributed by atoms with E-state index in [0.717, 1.165) is 6.08 Å². The van der Waals surface area contributed by atoms with Gasteiger partial charge in [-0.3, -0.25) is 9.59 Å². The van der Waals surface area contributed by atoms with Crippen LogP contribution >= 0.6 is 0 Å². The first-order valence-electron chi connectivity index (χ1n) is 2.75. The first-order chi connectivity index (χ1) is 4.61. The van der Waals surface area contributed by atoms with Crippen LogP contribution in [-0.2, 0) is 9.59 Å². The van der Waals surface area contributed by atoms with Crippen molar-refractivity contribution in [3.8, 4) is 0 Å². The van der Waals surface area contributed by atoms with Crippen LogP contribution in [0.2, 0.25) is 0 Å². The molecule has 1 unspecified atom stereocenters. The van der Waals surface area contributed by atoms with E-state index in [2.05, 4.69) is 0 Å². The molecule has 0 saturated carbocycles. The van der Waals surface area contributed by atoms with E-state index in [-0.39, 0.29) is 6.42 Å². The lowest BCUT2D eigenvalue weighted by atomic mass is 10.0. The van der Waals surface area contributed by atoms with Gasteiger partial charge in [0.05, 0.1) is 6.42 Å². The summed E-state index contributed by atoms with van der Waals surface area (Å²) in [7, 11) is 0. The third-order valence-corrected chi connectivity index (χ3v) is 1.24. The van der Waals surface area contributed by atoms with E-state index in [1.807, 2.05) is 0 Å². The normalized spacial score (nSPS) is 26.5. The molecule has 4 heteroatoms. The predicted octanol–water partition coefficient (Wildman–Crippen LogP) is -0.669. The summed E-state index contributed by atoms with van der Waals surface area (Å²) in [5, 5.41) is 17.4. The minimum atomic E-state index is -1.49. The van der Waals surface area contributed by atoms with Crippen LogP contribution in [0.4, 0.5) is 0 Å². The minimum Gasteiger partial charge on any atom is -0.509 e. The fraction of sp³-hybridized carbons (Fsp3) is 0.333. The fourth-order valence-electron chi connectivity index (χ4n) is 0.728. The topological polar surface area (TPSA) is 74.6 Å². The molecular formula is C6H6O4. The Morgan fingerprint density at radius 2 is 2.10 bits per heavy atom. The van der Waals surface area contributed by atoms with Gasteiger partial charge in [0.15, 0.2) is 17.7 Å². The number of Topliss-reactive ketones (excluding diaryl/α,β-unsaturated/α-hetero) is 1. The summed E-state index contributed by atoms with van der Waals surface area (Å²) in [6.07, 6.45) is -0.935. The predicted molar refractivity (Wildman–Crippen MR) is 31.3 cm³/mol. The molecule has 0 bridgehead atoms.